The topological polar surface area (TPSA) is 30.0 Å². The molecule has 0 aliphatic carbocycles. The number of hydrogen-bond acceptors (Lipinski definition) is 4. The second-order valence-electron chi connectivity index (χ2n) is 4.87. The Labute approximate surface area is 106 Å². The van der Waals surface area contributed by atoms with Crippen LogP contribution in [0.15, 0.2) is 0 Å². The first-order chi connectivity index (χ1) is 7.28. The van der Waals surface area contributed by atoms with Gasteiger partial charge in [-0.05, 0) is 13.8 Å². The molecule has 1 aromatic rings. The van der Waals surface area contributed by atoms with Crippen molar-refractivity contribution in [3.8, 4) is 0 Å². The van der Waals surface area contributed by atoms with E-state index in [-0.39, 0.29) is 10.5 Å². The summed E-state index contributed by atoms with van der Waals surface area (Å²) in [5.74, 6) is 0.856. The first-order valence-corrected chi connectivity index (χ1v) is 7.17. The van der Waals surface area contributed by atoms with Crippen LogP contribution in [0.25, 0.3) is 0 Å². The monoisotopic (exact) mass is 257 g/mol. The molecule has 1 rings (SSSR count). The summed E-state index contributed by atoms with van der Waals surface area (Å²) < 4.78 is 0.157. The number of aryl methyl sites for hydroxylation is 2. The Bertz CT molecular complexity index is 357. The van der Waals surface area contributed by atoms with E-state index >= 15 is 0 Å². The van der Waals surface area contributed by atoms with E-state index in [2.05, 4.69) is 25.8 Å². The number of thiazole rings is 1. The minimum atomic E-state index is 0.157. The van der Waals surface area contributed by atoms with Gasteiger partial charge in [-0.25, -0.2) is 4.98 Å². The molecule has 2 nitrogen and oxygen atoms in total. The van der Waals surface area contributed by atoms with Crippen molar-refractivity contribution in [2.24, 2.45) is 0 Å². The maximum absolute atomic E-state index is 11.7. The zero-order valence-corrected chi connectivity index (χ0v) is 12.2. The van der Waals surface area contributed by atoms with Crippen LogP contribution in [0.3, 0.4) is 0 Å². The van der Waals surface area contributed by atoms with E-state index in [4.69, 9.17) is 0 Å². The van der Waals surface area contributed by atoms with Gasteiger partial charge in [-0.3, -0.25) is 4.79 Å². The molecule has 4 heteroatoms. The SMILES string of the molecule is Cc1nc(CC(=O)CSC(C)(C)C)sc1C. The molecule has 0 unspecified atom stereocenters. The van der Waals surface area contributed by atoms with E-state index in [9.17, 15) is 4.79 Å². The van der Waals surface area contributed by atoms with Crippen molar-refractivity contribution in [3.05, 3.63) is 15.6 Å². The van der Waals surface area contributed by atoms with Crippen LogP contribution >= 0.6 is 23.1 Å². The summed E-state index contributed by atoms with van der Waals surface area (Å²) in [4.78, 5) is 17.3. The highest BCUT2D eigenvalue weighted by Gasteiger charge is 2.15. The van der Waals surface area contributed by atoms with Crippen LogP contribution in [0.2, 0.25) is 0 Å². The Morgan fingerprint density at radius 2 is 2.00 bits per heavy atom. The van der Waals surface area contributed by atoms with E-state index in [1.165, 1.54) is 4.88 Å². The van der Waals surface area contributed by atoms with E-state index in [0.29, 0.717) is 12.2 Å². The molecule has 16 heavy (non-hydrogen) atoms. The van der Waals surface area contributed by atoms with Gasteiger partial charge >= 0.3 is 0 Å². The van der Waals surface area contributed by atoms with Crippen molar-refractivity contribution in [1.82, 2.24) is 4.98 Å². The predicted octanol–water partition coefficient (Wildman–Crippen LogP) is 3.40. The second-order valence-corrected chi connectivity index (χ2v) is 7.96. The molecular weight excluding hydrogens is 238 g/mol. The fraction of sp³-hybridized carbons (Fsp3) is 0.667. The summed E-state index contributed by atoms with van der Waals surface area (Å²) in [6, 6.07) is 0. The summed E-state index contributed by atoms with van der Waals surface area (Å²) in [6.07, 6.45) is 0.489. The van der Waals surface area contributed by atoms with Gasteiger partial charge in [-0.2, -0.15) is 0 Å². The lowest BCUT2D eigenvalue weighted by Gasteiger charge is -2.16. The standard InChI is InChI=1S/C12H19NOS2/c1-8-9(2)16-11(13-8)6-10(14)7-15-12(3,4)5/h6-7H2,1-5H3. The summed E-state index contributed by atoms with van der Waals surface area (Å²) in [5, 5.41) is 0.953. The van der Waals surface area contributed by atoms with E-state index in [0.717, 1.165) is 10.7 Å². The molecule has 0 aromatic carbocycles. The smallest absolute Gasteiger partial charge is 0.149 e. The van der Waals surface area contributed by atoms with Crippen LogP contribution in [-0.2, 0) is 11.2 Å². The number of Topliss-reactive ketones (excluding diaryl/α,β-unsaturated/α-hetero) is 1. The Kier molecular flexibility index (Phi) is 4.56. The van der Waals surface area contributed by atoms with E-state index < -0.39 is 0 Å². The van der Waals surface area contributed by atoms with Crippen LogP contribution in [0.5, 0.6) is 0 Å². The van der Waals surface area contributed by atoms with Crippen LogP contribution in [0, 0.1) is 13.8 Å². The Hall–Kier alpha value is -0.350. The molecule has 0 aliphatic heterocycles. The van der Waals surface area contributed by atoms with Crippen molar-refractivity contribution in [2.45, 2.75) is 45.8 Å². The summed E-state index contributed by atoms with van der Waals surface area (Å²) in [6.45, 7) is 10.4. The summed E-state index contributed by atoms with van der Waals surface area (Å²) in [7, 11) is 0. The fourth-order valence-corrected chi connectivity index (χ4v) is 2.79. The van der Waals surface area contributed by atoms with Crippen LogP contribution in [0.4, 0.5) is 0 Å². The molecule has 1 heterocycles. The zero-order chi connectivity index (χ0) is 12.3. The molecule has 1 aromatic heterocycles. The number of aromatic nitrogens is 1. The fourth-order valence-electron chi connectivity index (χ4n) is 1.13. The minimum Gasteiger partial charge on any atom is -0.298 e. The van der Waals surface area contributed by atoms with Gasteiger partial charge in [0.1, 0.15) is 10.8 Å². The number of carbonyl (C=O) groups is 1. The maximum atomic E-state index is 11.7. The molecule has 0 saturated heterocycles. The molecule has 0 N–H and O–H groups in total. The third-order valence-corrected chi connectivity index (χ3v) is 4.49. The first-order valence-electron chi connectivity index (χ1n) is 5.36. The molecule has 0 bridgehead atoms. The highest BCUT2D eigenvalue weighted by Crippen LogP contribution is 2.24. The average molecular weight is 257 g/mol. The van der Waals surface area contributed by atoms with Gasteiger partial charge in [0.2, 0.25) is 0 Å². The molecule has 0 fully saturated rings. The molecule has 0 amide bonds. The van der Waals surface area contributed by atoms with E-state index in [1.807, 2.05) is 13.8 Å². The normalized spacial score (nSPS) is 11.8. The second kappa shape index (κ2) is 5.32. The van der Waals surface area contributed by atoms with Gasteiger partial charge in [0, 0.05) is 9.62 Å². The van der Waals surface area contributed by atoms with Crippen molar-refractivity contribution >= 4 is 28.9 Å². The number of hydrogen-bond donors (Lipinski definition) is 0. The maximum Gasteiger partial charge on any atom is 0.149 e. The van der Waals surface area contributed by atoms with Crippen molar-refractivity contribution in [1.29, 1.82) is 0 Å². The van der Waals surface area contributed by atoms with Crippen molar-refractivity contribution in [2.75, 3.05) is 5.75 Å². The molecule has 90 valence electrons. The highest BCUT2D eigenvalue weighted by atomic mass is 32.2. The average Bonchev–Trinajstić information content (AvgIpc) is 2.41. The third-order valence-electron chi connectivity index (χ3n) is 2.09. The van der Waals surface area contributed by atoms with Gasteiger partial charge in [0.05, 0.1) is 17.9 Å². The summed E-state index contributed by atoms with van der Waals surface area (Å²) in [5.41, 5.74) is 1.05. The third kappa shape index (κ3) is 4.66. The van der Waals surface area contributed by atoms with Gasteiger partial charge < -0.3 is 0 Å². The van der Waals surface area contributed by atoms with Crippen LogP contribution < -0.4 is 0 Å². The molecule has 0 atom stereocenters. The van der Waals surface area contributed by atoms with Gasteiger partial charge in [-0.1, -0.05) is 20.8 Å². The van der Waals surface area contributed by atoms with Gasteiger partial charge in [-0.15, -0.1) is 23.1 Å². The van der Waals surface area contributed by atoms with Crippen molar-refractivity contribution in [3.63, 3.8) is 0 Å². The lowest BCUT2D eigenvalue weighted by atomic mass is 10.3. The Balaban J connectivity index is 2.46. The van der Waals surface area contributed by atoms with Crippen LogP contribution in [0.1, 0.15) is 36.3 Å². The van der Waals surface area contributed by atoms with E-state index in [1.54, 1.807) is 23.1 Å². The zero-order valence-electron chi connectivity index (χ0n) is 10.6. The molecule has 0 spiro atoms. The molecule has 0 saturated carbocycles. The number of nitrogens with zero attached hydrogens (tertiary/aromatic N) is 1. The predicted molar refractivity (Wildman–Crippen MR) is 72.5 cm³/mol. The van der Waals surface area contributed by atoms with Gasteiger partial charge in [0.15, 0.2) is 0 Å². The number of carbonyl (C=O) groups excluding carboxylic acids is 1. The largest absolute Gasteiger partial charge is 0.298 e. The summed E-state index contributed by atoms with van der Waals surface area (Å²) >= 11 is 3.33. The highest BCUT2D eigenvalue weighted by molar-refractivity contribution is 8.01. The number of ketones is 1. The molecule has 0 aliphatic rings. The molecular formula is C12H19NOS2. The Morgan fingerprint density at radius 1 is 1.38 bits per heavy atom. The number of rotatable bonds is 4. The van der Waals surface area contributed by atoms with Gasteiger partial charge in [0.25, 0.3) is 0 Å². The molecule has 0 radical (unpaired) electrons. The Morgan fingerprint density at radius 3 is 2.44 bits per heavy atom. The lowest BCUT2D eigenvalue weighted by molar-refractivity contribution is -0.116. The van der Waals surface area contributed by atoms with Crippen molar-refractivity contribution < 1.29 is 4.79 Å². The van der Waals surface area contributed by atoms with Crippen LogP contribution in [-0.4, -0.2) is 21.3 Å². The number of thioether (sulfide) groups is 1. The quantitative estimate of drug-likeness (QED) is 0.828. The first kappa shape index (κ1) is 13.7. The lowest BCUT2D eigenvalue weighted by Crippen LogP contribution is -2.14. The minimum absolute atomic E-state index is 0.157.